The highest BCUT2D eigenvalue weighted by molar-refractivity contribution is 6.07. The predicted octanol–water partition coefficient (Wildman–Crippen LogP) is 4.09. The quantitative estimate of drug-likeness (QED) is 0.577. The second kappa shape index (κ2) is 9.00. The first-order chi connectivity index (χ1) is 15.1. The molecule has 0 radical (unpaired) electrons. The summed E-state index contributed by atoms with van der Waals surface area (Å²) in [5.41, 5.74) is 2.35. The summed E-state index contributed by atoms with van der Waals surface area (Å²) in [7, 11) is 1.55. The number of benzene rings is 2. The van der Waals surface area contributed by atoms with E-state index in [2.05, 4.69) is 4.98 Å². The number of cyclic esters (lactones) is 1. The summed E-state index contributed by atoms with van der Waals surface area (Å²) in [6.45, 7) is 0.217. The van der Waals surface area contributed by atoms with Gasteiger partial charge in [-0.25, -0.2) is 9.78 Å². The Balaban J connectivity index is 1.41. The van der Waals surface area contributed by atoms with Gasteiger partial charge in [-0.2, -0.15) is 0 Å². The number of hydrogen-bond donors (Lipinski definition) is 1. The average Bonchev–Trinajstić information content (AvgIpc) is 3.39. The van der Waals surface area contributed by atoms with Gasteiger partial charge in [0.2, 0.25) is 5.89 Å². The van der Waals surface area contributed by atoms with E-state index in [4.69, 9.17) is 18.6 Å². The van der Waals surface area contributed by atoms with Crippen LogP contribution in [0.4, 0.5) is 4.79 Å². The lowest BCUT2D eigenvalue weighted by Crippen LogP contribution is -2.18. The van der Waals surface area contributed by atoms with Crippen LogP contribution in [0, 0.1) is 0 Å². The number of carbonyl (C=O) groups is 2. The molecule has 0 saturated carbocycles. The van der Waals surface area contributed by atoms with Gasteiger partial charge in [0.15, 0.2) is 17.3 Å². The van der Waals surface area contributed by atoms with Crippen molar-refractivity contribution in [2.24, 2.45) is 0 Å². The molecule has 2 heterocycles. The van der Waals surface area contributed by atoms with Crippen LogP contribution in [0.5, 0.6) is 11.5 Å². The molecule has 1 aliphatic heterocycles. The fourth-order valence-corrected chi connectivity index (χ4v) is 2.83. The number of allylic oxidation sites excluding steroid dienone is 2. The molecular weight excluding hydrogens is 400 g/mol. The zero-order valence-corrected chi connectivity index (χ0v) is 16.5. The minimum Gasteiger partial charge on any atom is -0.493 e. The first-order valence-electron chi connectivity index (χ1n) is 9.34. The van der Waals surface area contributed by atoms with E-state index in [9.17, 15) is 9.59 Å². The van der Waals surface area contributed by atoms with Crippen molar-refractivity contribution in [3.05, 3.63) is 84.0 Å². The van der Waals surface area contributed by atoms with Gasteiger partial charge in [0.1, 0.15) is 18.6 Å². The SMILES string of the molecule is COc1cc(C=CC=C2OC(=O)NC2=O)ccc1OCc1coc(-c2ccccc2)n1. The van der Waals surface area contributed by atoms with Crippen LogP contribution >= 0.6 is 0 Å². The maximum Gasteiger partial charge on any atom is 0.419 e. The van der Waals surface area contributed by atoms with Gasteiger partial charge < -0.3 is 18.6 Å². The van der Waals surface area contributed by atoms with E-state index in [1.54, 1.807) is 37.7 Å². The van der Waals surface area contributed by atoms with Crippen LogP contribution in [0.1, 0.15) is 11.3 Å². The second-order valence-electron chi connectivity index (χ2n) is 6.44. The molecule has 0 aliphatic carbocycles. The fraction of sp³-hybridized carbons (Fsp3) is 0.0870. The molecule has 2 amide bonds. The Kier molecular flexibility index (Phi) is 5.79. The predicted molar refractivity (Wildman–Crippen MR) is 111 cm³/mol. The van der Waals surface area contributed by atoms with Gasteiger partial charge >= 0.3 is 6.09 Å². The number of ether oxygens (including phenoxy) is 3. The van der Waals surface area contributed by atoms with E-state index in [0.29, 0.717) is 23.1 Å². The number of amides is 2. The molecule has 0 bridgehead atoms. The van der Waals surface area contributed by atoms with Crippen LogP contribution in [0.25, 0.3) is 17.5 Å². The minimum absolute atomic E-state index is 0.0596. The van der Waals surface area contributed by atoms with E-state index >= 15 is 0 Å². The van der Waals surface area contributed by atoms with E-state index in [0.717, 1.165) is 11.1 Å². The van der Waals surface area contributed by atoms with Gasteiger partial charge in [-0.3, -0.25) is 10.1 Å². The number of alkyl carbamates (subject to hydrolysis) is 1. The number of imide groups is 1. The number of oxazole rings is 1. The Morgan fingerprint density at radius 3 is 2.68 bits per heavy atom. The third-order valence-electron chi connectivity index (χ3n) is 4.31. The minimum atomic E-state index is -0.782. The Labute approximate surface area is 177 Å². The summed E-state index contributed by atoms with van der Waals surface area (Å²) in [5, 5.41) is 2.03. The van der Waals surface area contributed by atoms with Crippen LogP contribution in [-0.4, -0.2) is 24.1 Å². The number of aromatic nitrogens is 1. The molecule has 156 valence electrons. The Morgan fingerprint density at radius 2 is 1.94 bits per heavy atom. The van der Waals surface area contributed by atoms with E-state index in [-0.39, 0.29) is 12.4 Å². The monoisotopic (exact) mass is 418 g/mol. The Bertz CT molecular complexity index is 1160. The number of methoxy groups -OCH3 is 1. The molecule has 1 saturated heterocycles. The lowest BCUT2D eigenvalue weighted by Gasteiger charge is -2.10. The second-order valence-corrected chi connectivity index (χ2v) is 6.44. The van der Waals surface area contributed by atoms with Crippen molar-refractivity contribution < 1.29 is 28.2 Å². The zero-order chi connectivity index (χ0) is 21.6. The summed E-state index contributed by atoms with van der Waals surface area (Å²) in [5.74, 6) is 0.982. The Morgan fingerprint density at radius 1 is 1.10 bits per heavy atom. The first-order valence-corrected chi connectivity index (χ1v) is 9.34. The third kappa shape index (κ3) is 4.81. The summed E-state index contributed by atoms with van der Waals surface area (Å²) in [6, 6.07) is 15.0. The molecular formula is C23H18N2O6. The molecule has 4 rings (SSSR count). The molecule has 2 aromatic carbocycles. The van der Waals surface area contributed by atoms with E-state index < -0.39 is 12.0 Å². The molecule has 31 heavy (non-hydrogen) atoms. The molecule has 1 aromatic heterocycles. The van der Waals surface area contributed by atoms with Crippen molar-refractivity contribution in [3.8, 4) is 23.0 Å². The topological polar surface area (TPSA) is 99.9 Å². The molecule has 8 heteroatoms. The number of carbonyl (C=O) groups excluding carboxylic acids is 2. The molecule has 0 spiro atoms. The van der Waals surface area contributed by atoms with Crippen LogP contribution in [-0.2, 0) is 16.1 Å². The van der Waals surface area contributed by atoms with Gasteiger partial charge in [0.05, 0.1) is 7.11 Å². The maximum absolute atomic E-state index is 11.4. The number of hydrogen-bond acceptors (Lipinski definition) is 7. The highest BCUT2D eigenvalue weighted by Gasteiger charge is 2.25. The largest absolute Gasteiger partial charge is 0.493 e. The zero-order valence-electron chi connectivity index (χ0n) is 16.5. The van der Waals surface area contributed by atoms with Gasteiger partial charge in [0, 0.05) is 5.56 Å². The summed E-state index contributed by atoms with van der Waals surface area (Å²) < 4.78 is 21.5. The van der Waals surface area contributed by atoms with Crippen molar-refractivity contribution in [1.82, 2.24) is 10.3 Å². The van der Waals surface area contributed by atoms with Crippen molar-refractivity contribution in [1.29, 1.82) is 0 Å². The first kappa shape index (κ1) is 20.0. The van der Waals surface area contributed by atoms with Crippen LogP contribution < -0.4 is 14.8 Å². The molecule has 0 unspecified atom stereocenters. The normalized spacial score (nSPS) is 14.7. The standard InChI is InChI=1S/C23H18N2O6/c1-28-20-12-15(6-5-9-19-21(26)25-23(27)31-19)10-11-18(20)29-13-17-14-30-22(24-17)16-7-3-2-4-8-16/h2-12,14H,13H2,1H3,(H,25,26,27). The number of nitrogens with one attached hydrogen (secondary N) is 1. The Hall–Kier alpha value is -4.33. The van der Waals surface area contributed by atoms with E-state index in [1.807, 2.05) is 41.7 Å². The molecule has 3 aromatic rings. The van der Waals surface area contributed by atoms with Gasteiger partial charge in [0.25, 0.3) is 5.91 Å². The van der Waals surface area contributed by atoms with Crippen LogP contribution in [0.3, 0.4) is 0 Å². The molecule has 1 fully saturated rings. The molecule has 0 atom stereocenters. The van der Waals surface area contributed by atoms with Crippen molar-refractivity contribution in [2.45, 2.75) is 6.61 Å². The fourth-order valence-electron chi connectivity index (χ4n) is 2.83. The molecule has 1 aliphatic rings. The lowest BCUT2D eigenvalue weighted by atomic mass is 10.2. The summed E-state index contributed by atoms with van der Waals surface area (Å²) >= 11 is 0. The number of rotatable bonds is 7. The third-order valence-corrected chi connectivity index (χ3v) is 4.31. The van der Waals surface area contributed by atoms with Gasteiger partial charge in [-0.1, -0.05) is 36.4 Å². The summed E-state index contributed by atoms with van der Waals surface area (Å²) in [6.07, 6.45) is 5.53. The average molecular weight is 418 g/mol. The maximum atomic E-state index is 11.4. The van der Waals surface area contributed by atoms with Crippen LogP contribution in [0.15, 0.2) is 77.1 Å². The van der Waals surface area contributed by atoms with E-state index in [1.165, 1.54) is 6.08 Å². The van der Waals surface area contributed by atoms with Crippen molar-refractivity contribution >= 4 is 18.1 Å². The van der Waals surface area contributed by atoms with Crippen LogP contribution in [0.2, 0.25) is 0 Å². The van der Waals surface area contributed by atoms with Gasteiger partial charge in [-0.15, -0.1) is 0 Å². The highest BCUT2D eigenvalue weighted by Crippen LogP contribution is 2.29. The lowest BCUT2D eigenvalue weighted by molar-refractivity contribution is -0.116. The highest BCUT2D eigenvalue weighted by atomic mass is 16.6. The molecule has 1 N–H and O–H groups in total. The van der Waals surface area contributed by atoms with Crippen molar-refractivity contribution in [2.75, 3.05) is 7.11 Å². The van der Waals surface area contributed by atoms with Crippen molar-refractivity contribution in [3.63, 3.8) is 0 Å². The summed E-state index contributed by atoms with van der Waals surface area (Å²) in [4.78, 5) is 26.9. The van der Waals surface area contributed by atoms with Gasteiger partial charge in [-0.05, 0) is 35.9 Å². The smallest absolute Gasteiger partial charge is 0.419 e. The molecule has 8 nitrogen and oxygen atoms in total. The number of nitrogens with zero attached hydrogens (tertiary/aromatic N) is 1.